The van der Waals surface area contributed by atoms with Crippen LogP contribution < -0.4 is 10.1 Å². The van der Waals surface area contributed by atoms with Crippen molar-refractivity contribution in [3.05, 3.63) is 59.7 Å². The number of morpholine rings is 1. The summed E-state index contributed by atoms with van der Waals surface area (Å²) in [6.07, 6.45) is -0.696. The van der Waals surface area contributed by atoms with Crippen LogP contribution in [0.4, 0.5) is 5.69 Å². The van der Waals surface area contributed by atoms with Crippen LogP contribution in [0.5, 0.6) is 5.75 Å². The minimum atomic E-state index is -0.696. The normalized spacial score (nSPS) is 15.1. The highest BCUT2D eigenvalue weighted by molar-refractivity contribution is 6.04. The number of carbonyl (C=O) groups is 2. The predicted molar refractivity (Wildman–Crippen MR) is 103 cm³/mol. The first kappa shape index (κ1) is 18.9. The lowest BCUT2D eigenvalue weighted by molar-refractivity contribution is -0.122. The van der Waals surface area contributed by atoms with E-state index < -0.39 is 6.10 Å². The van der Waals surface area contributed by atoms with Crippen molar-refractivity contribution in [2.75, 3.05) is 31.6 Å². The fourth-order valence-electron chi connectivity index (χ4n) is 2.90. The standard InChI is InChI=1S/C21H24N2O4/c1-15-6-5-7-17(14-15)27-16(2)20(24)22-19-9-4-3-8-18(19)21(25)23-10-12-26-13-11-23/h3-9,14,16H,10-13H2,1-2H3,(H,22,24). The number of hydrogen-bond acceptors (Lipinski definition) is 4. The number of para-hydroxylation sites is 1. The lowest BCUT2D eigenvalue weighted by atomic mass is 10.1. The van der Waals surface area contributed by atoms with Crippen LogP contribution in [-0.4, -0.2) is 49.1 Å². The van der Waals surface area contributed by atoms with Crippen LogP contribution in [0.3, 0.4) is 0 Å². The molecule has 1 aliphatic rings. The van der Waals surface area contributed by atoms with E-state index in [1.54, 1.807) is 36.1 Å². The van der Waals surface area contributed by atoms with Crippen LogP contribution in [0.2, 0.25) is 0 Å². The first-order valence-electron chi connectivity index (χ1n) is 9.05. The number of aryl methyl sites for hydroxylation is 1. The smallest absolute Gasteiger partial charge is 0.265 e. The molecule has 0 saturated carbocycles. The Kier molecular flexibility index (Phi) is 6.08. The first-order valence-corrected chi connectivity index (χ1v) is 9.05. The van der Waals surface area contributed by atoms with E-state index in [0.717, 1.165) is 5.56 Å². The van der Waals surface area contributed by atoms with Gasteiger partial charge in [0.25, 0.3) is 11.8 Å². The van der Waals surface area contributed by atoms with Gasteiger partial charge in [0.15, 0.2) is 6.10 Å². The third-order valence-corrected chi connectivity index (χ3v) is 4.39. The highest BCUT2D eigenvalue weighted by Crippen LogP contribution is 2.20. The molecule has 1 atom stereocenters. The molecule has 0 radical (unpaired) electrons. The summed E-state index contributed by atoms with van der Waals surface area (Å²) < 4.78 is 11.0. The van der Waals surface area contributed by atoms with E-state index in [-0.39, 0.29) is 11.8 Å². The average molecular weight is 368 g/mol. The topological polar surface area (TPSA) is 67.9 Å². The maximum absolute atomic E-state index is 12.8. The first-order chi connectivity index (χ1) is 13.0. The molecule has 142 valence electrons. The second-order valence-electron chi connectivity index (χ2n) is 6.52. The highest BCUT2D eigenvalue weighted by atomic mass is 16.5. The van der Waals surface area contributed by atoms with Gasteiger partial charge in [-0.3, -0.25) is 9.59 Å². The third-order valence-electron chi connectivity index (χ3n) is 4.39. The van der Waals surface area contributed by atoms with Gasteiger partial charge in [0.2, 0.25) is 0 Å². The Labute approximate surface area is 159 Å². The lowest BCUT2D eigenvalue weighted by Crippen LogP contribution is -2.41. The fraction of sp³-hybridized carbons (Fsp3) is 0.333. The molecule has 2 aromatic rings. The van der Waals surface area contributed by atoms with Crippen molar-refractivity contribution < 1.29 is 19.1 Å². The Hall–Kier alpha value is -2.86. The molecule has 3 rings (SSSR count). The number of ether oxygens (including phenoxy) is 2. The molecule has 0 bridgehead atoms. The third kappa shape index (κ3) is 4.86. The number of benzene rings is 2. The molecular formula is C21H24N2O4. The largest absolute Gasteiger partial charge is 0.481 e. The number of hydrogen-bond donors (Lipinski definition) is 1. The van der Waals surface area contributed by atoms with Crippen molar-refractivity contribution in [2.24, 2.45) is 0 Å². The van der Waals surface area contributed by atoms with E-state index in [1.165, 1.54) is 0 Å². The number of amides is 2. The Morgan fingerprint density at radius 3 is 2.59 bits per heavy atom. The molecule has 1 unspecified atom stereocenters. The molecule has 0 spiro atoms. The molecule has 6 heteroatoms. The minimum Gasteiger partial charge on any atom is -0.481 e. The van der Waals surface area contributed by atoms with Gasteiger partial charge in [0, 0.05) is 13.1 Å². The van der Waals surface area contributed by atoms with Gasteiger partial charge in [-0.15, -0.1) is 0 Å². The fourth-order valence-corrected chi connectivity index (χ4v) is 2.90. The van der Waals surface area contributed by atoms with Crippen LogP contribution in [0.15, 0.2) is 48.5 Å². The average Bonchev–Trinajstić information content (AvgIpc) is 2.68. The van der Waals surface area contributed by atoms with E-state index in [9.17, 15) is 9.59 Å². The van der Waals surface area contributed by atoms with Gasteiger partial charge in [-0.1, -0.05) is 24.3 Å². The number of nitrogens with one attached hydrogen (secondary N) is 1. The molecule has 27 heavy (non-hydrogen) atoms. The highest BCUT2D eigenvalue weighted by Gasteiger charge is 2.23. The summed E-state index contributed by atoms with van der Waals surface area (Å²) in [5, 5.41) is 2.82. The molecule has 0 aliphatic carbocycles. The van der Waals surface area contributed by atoms with Crippen molar-refractivity contribution >= 4 is 17.5 Å². The Balaban J connectivity index is 1.69. The minimum absolute atomic E-state index is 0.110. The van der Waals surface area contributed by atoms with Gasteiger partial charge in [-0.05, 0) is 43.7 Å². The molecule has 1 heterocycles. The Morgan fingerprint density at radius 2 is 1.85 bits per heavy atom. The van der Waals surface area contributed by atoms with Crippen molar-refractivity contribution in [1.29, 1.82) is 0 Å². The Morgan fingerprint density at radius 1 is 1.11 bits per heavy atom. The predicted octanol–water partition coefficient (Wildman–Crippen LogP) is 2.87. The monoisotopic (exact) mass is 368 g/mol. The van der Waals surface area contributed by atoms with E-state index in [1.807, 2.05) is 31.2 Å². The maximum atomic E-state index is 12.8. The molecule has 1 N–H and O–H groups in total. The summed E-state index contributed by atoms with van der Waals surface area (Å²) in [6, 6.07) is 14.6. The van der Waals surface area contributed by atoms with Gasteiger partial charge in [0.05, 0.1) is 24.5 Å². The Bertz CT molecular complexity index is 815. The van der Waals surface area contributed by atoms with Crippen LogP contribution in [0, 0.1) is 6.92 Å². The van der Waals surface area contributed by atoms with Crippen LogP contribution in [0.1, 0.15) is 22.8 Å². The van der Waals surface area contributed by atoms with Crippen molar-refractivity contribution in [3.8, 4) is 5.75 Å². The van der Waals surface area contributed by atoms with E-state index in [4.69, 9.17) is 9.47 Å². The molecule has 2 aromatic carbocycles. The van der Waals surface area contributed by atoms with Gasteiger partial charge >= 0.3 is 0 Å². The second kappa shape index (κ2) is 8.68. The quantitative estimate of drug-likeness (QED) is 0.881. The van der Waals surface area contributed by atoms with Gasteiger partial charge in [-0.25, -0.2) is 0 Å². The van der Waals surface area contributed by atoms with E-state index >= 15 is 0 Å². The second-order valence-corrected chi connectivity index (χ2v) is 6.52. The zero-order valence-corrected chi connectivity index (χ0v) is 15.6. The molecule has 0 aromatic heterocycles. The summed E-state index contributed by atoms with van der Waals surface area (Å²) in [6.45, 7) is 5.81. The van der Waals surface area contributed by atoms with Crippen LogP contribution in [0.25, 0.3) is 0 Å². The SMILES string of the molecule is Cc1cccc(OC(C)C(=O)Nc2ccccc2C(=O)N2CCOCC2)c1. The molecule has 1 fully saturated rings. The zero-order chi connectivity index (χ0) is 19.2. The van der Waals surface area contributed by atoms with Crippen molar-refractivity contribution in [1.82, 2.24) is 4.90 Å². The maximum Gasteiger partial charge on any atom is 0.265 e. The van der Waals surface area contributed by atoms with Gasteiger partial charge in [0.1, 0.15) is 5.75 Å². The molecule has 1 aliphatic heterocycles. The summed E-state index contributed by atoms with van der Waals surface area (Å²) in [5.74, 6) is 0.218. The number of rotatable bonds is 5. The van der Waals surface area contributed by atoms with Crippen LogP contribution in [-0.2, 0) is 9.53 Å². The lowest BCUT2D eigenvalue weighted by Gasteiger charge is -2.27. The van der Waals surface area contributed by atoms with Crippen molar-refractivity contribution in [2.45, 2.75) is 20.0 Å². The van der Waals surface area contributed by atoms with E-state index in [0.29, 0.717) is 43.3 Å². The summed E-state index contributed by atoms with van der Waals surface area (Å²) >= 11 is 0. The summed E-state index contributed by atoms with van der Waals surface area (Å²) in [7, 11) is 0. The molecule has 2 amide bonds. The van der Waals surface area contributed by atoms with E-state index in [2.05, 4.69) is 5.32 Å². The zero-order valence-electron chi connectivity index (χ0n) is 15.6. The number of anilines is 1. The molecule has 1 saturated heterocycles. The summed E-state index contributed by atoms with van der Waals surface area (Å²) in [5.41, 5.74) is 2.01. The molecular weight excluding hydrogens is 344 g/mol. The van der Waals surface area contributed by atoms with Crippen LogP contribution >= 0.6 is 0 Å². The van der Waals surface area contributed by atoms with Crippen molar-refractivity contribution in [3.63, 3.8) is 0 Å². The molecule has 6 nitrogen and oxygen atoms in total. The number of carbonyl (C=O) groups excluding carboxylic acids is 2. The van der Waals surface area contributed by atoms with Gasteiger partial charge < -0.3 is 19.7 Å². The summed E-state index contributed by atoms with van der Waals surface area (Å²) in [4.78, 5) is 27.1. The number of nitrogens with zero attached hydrogens (tertiary/aromatic N) is 1. The van der Waals surface area contributed by atoms with Gasteiger partial charge in [-0.2, -0.15) is 0 Å².